The van der Waals surface area contributed by atoms with E-state index in [-0.39, 0.29) is 11.9 Å². The maximum absolute atomic E-state index is 12.2. The lowest BCUT2D eigenvalue weighted by atomic mass is 9.86. The molecule has 0 aromatic heterocycles. The molecule has 0 spiro atoms. The van der Waals surface area contributed by atoms with Gasteiger partial charge in [0.05, 0.1) is 6.04 Å². The first-order valence-electron chi connectivity index (χ1n) is 7.24. The highest BCUT2D eigenvalue weighted by Gasteiger charge is 2.48. The second-order valence-electron chi connectivity index (χ2n) is 5.57. The van der Waals surface area contributed by atoms with E-state index in [4.69, 9.17) is 0 Å². The highest BCUT2D eigenvalue weighted by atomic mass is 16.2. The Morgan fingerprint density at radius 3 is 2.41 bits per heavy atom. The Bertz CT molecular complexity index is 628. The second-order valence-corrected chi connectivity index (χ2v) is 5.57. The number of urea groups is 2. The van der Waals surface area contributed by atoms with Gasteiger partial charge in [-0.2, -0.15) is 0 Å². The van der Waals surface area contributed by atoms with Crippen LogP contribution in [0.4, 0.5) is 9.59 Å². The molecule has 0 saturated carbocycles. The normalized spacial score (nSPS) is 27.6. The number of hydrogen-bond acceptors (Lipinski definition) is 3. The molecule has 5 amide bonds. The summed E-state index contributed by atoms with van der Waals surface area (Å²) < 4.78 is 0. The molecular formula is C15H18N4O3. The van der Waals surface area contributed by atoms with Crippen LogP contribution in [0.2, 0.25) is 0 Å². The third-order valence-electron chi connectivity index (χ3n) is 4.28. The predicted molar refractivity (Wildman–Crippen MR) is 78.8 cm³/mol. The number of nitrogens with zero attached hydrogens (tertiary/aromatic N) is 1. The molecule has 3 rings (SSSR count). The number of fused-ring (bicyclic) bond motifs is 1. The quantitative estimate of drug-likeness (QED) is 0.752. The fourth-order valence-corrected chi connectivity index (χ4v) is 2.97. The largest absolute Gasteiger partial charge is 0.330 e. The van der Waals surface area contributed by atoms with E-state index in [0.29, 0.717) is 0 Å². The first-order valence-corrected chi connectivity index (χ1v) is 7.24. The van der Waals surface area contributed by atoms with Gasteiger partial charge in [0.15, 0.2) is 0 Å². The van der Waals surface area contributed by atoms with Crippen LogP contribution in [0.1, 0.15) is 24.1 Å². The molecule has 1 aromatic rings. The predicted octanol–water partition coefficient (Wildman–Crippen LogP) is 0.727. The number of imide groups is 1. The van der Waals surface area contributed by atoms with Crippen molar-refractivity contribution >= 4 is 18.0 Å². The zero-order chi connectivity index (χ0) is 15.9. The average Bonchev–Trinajstić information content (AvgIpc) is 2.52. The van der Waals surface area contributed by atoms with Crippen molar-refractivity contribution in [2.24, 2.45) is 5.92 Å². The molecule has 2 fully saturated rings. The number of hydrogen-bond donors (Lipinski definition) is 3. The Morgan fingerprint density at radius 2 is 1.77 bits per heavy atom. The standard InChI is InChI=1S/C15H18N4O3/c1-3-8-4-6-9(7-5-8)11-10-12(17-14(21)16-11)19(2)15(22)18-13(10)20/h4-7,10-12H,3H2,1-2H3,(H2,16,17,21)(H,18,20,22). The lowest BCUT2D eigenvalue weighted by Gasteiger charge is -2.45. The third kappa shape index (κ3) is 2.28. The van der Waals surface area contributed by atoms with Gasteiger partial charge in [-0.25, -0.2) is 9.59 Å². The van der Waals surface area contributed by atoms with Crippen molar-refractivity contribution in [3.8, 4) is 0 Å². The monoisotopic (exact) mass is 302 g/mol. The fraction of sp³-hybridized carbons (Fsp3) is 0.400. The zero-order valence-electron chi connectivity index (χ0n) is 12.4. The van der Waals surface area contributed by atoms with Crippen LogP contribution in [0, 0.1) is 5.92 Å². The summed E-state index contributed by atoms with van der Waals surface area (Å²) in [6, 6.07) is 6.42. The minimum absolute atomic E-state index is 0.384. The van der Waals surface area contributed by atoms with Crippen LogP contribution in [-0.4, -0.2) is 36.1 Å². The van der Waals surface area contributed by atoms with Crippen molar-refractivity contribution in [2.45, 2.75) is 25.6 Å². The van der Waals surface area contributed by atoms with E-state index in [2.05, 4.69) is 22.9 Å². The molecule has 1 aromatic carbocycles. The minimum Gasteiger partial charge on any atom is -0.330 e. The van der Waals surface area contributed by atoms with Crippen molar-refractivity contribution in [3.05, 3.63) is 35.4 Å². The summed E-state index contributed by atoms with van der Waals surface area (Å²) >= 11 is 0. The van der Waals surface area contributed by atoms with Crippen LogP contribution < -0.4 is 16.0 Å². The lowest BCUT2D eigenvalue weighted by Crippen LogP contribution is -2.71. The molecule has 2 aliphatic heterocycles. The maximum atomic E-state index is 12.2. The number of rotatable bonds is 2. The van der Waals surface area contributed by atoms with Crippen LogP contribution in [0.5, 0.6) is 0 Å². The summed E-state index contributed by atoms with van der Waals surface area (Å²) in [5.74, 6) is -0.960. The summed E-state index contributed by atoms with van der Waals surface area (Å²) in [6.45, 7) is 2.06. The molecule has 7 nitrogen and oxygen atoms in total. The van der Waals surface area contributed by atoms with E-state index < -0.39 is 24.2 Å². The molecule has 7 heteroatoms. The first-order chi connectivity index (χ1) is 10.5. The Kier molecular flexibility index (Phi) is 3.48. The van der Waals surface area contributed by atoms with Crippen molar-refractivity contribution in [1.29, 1.82) is 0 Å². The van der Waals surface area contributed by atoms with Crippen molar-refractivity contribution in [2.75, 3.05) is 7.05 Å². The van der Waals surface area contributed by atoms with Crippen molar-refractivity contribution in [1.82, 2.24) is 20.9 Å². The number of carbonyl (C=O) groups excluding carboxylic acids is 3. The van der Waals surface area contributed by atoms with Gasteiger partial charge in [0.25, 0.3) is 0 Å². The lowest BCUT2D eigenvalue weighted by molar-refractivity contribution is -0.130. The number of nitrogens with one attached hydrogen (secondary N) is 3. The van der Waals surface area contributed by atoms with Gasteiger partial charge in [0.2, 0.25) is 5.91 Å². The van der Waals surface area contributed by atoms with Gasteiger partial charge in [-0.15, -0.1) is 0 Å². The van der Waals surface area contributed by atoms with Crippen LogP contribution in [0.25, 0.3) is 0 Å². The number of benzene rings is 1. The van der Waals surface area contributed by atoms with Gasteiger partial charge >= 0.3 is 12.1 Å². The highest BCUT2D eigenvalue weighted by molar-refractivity contribution is 6.00. The van der Waals surface area contributed by atoms with Crippen LogP contribution in [-0.2, 0) is 11.2 Å². The summed E-state index contributed by atoms with van der Waals surface area (Å²) in [5.41, 5.74) is 2.03. The van der Waals surface area contributed by atoms with Gasteiger partial charge in [-0.3, -0.25) is 10.1 Å². The molecule has 3 N–H and O–H groups in total. The molecule has 0 bridgehead atoms. The Balaban J connectivity index is 1.96. The molecule has 2 heterocycles. The summed E-state index contributed by atoms with van der Waals surface area (Å²) in [4.78, 5) is 37.2. The number of amides is 5. The molecule has 0 aliphatic carbocycles. The van der Waals surface area contributed by atoms with E-state index in [0.717, 1.165) is 12.0 Å². The van der Waals surface area contributed by atoms with E-state index in [1.165, 1.54) is 10.5 Å². The molecule has 22 heavy (non-hydrogen) atoms. The fourth-order valence-electron chi connectivity index (χ4n) is 2.97. The molecule has 0 radical (unpaired) electrons. The maximum Gasteiger partial charge on any atom is 0.325 e. The van der Waals surface area contributed by atoms with E-state index >= 15 is 0 Å². The van der Waals surface area contributed by atoms with Crippen LogP contribution >= 0.6 is 0 Å². The molecule has 116 valence electrons. The topological polar surface area (TPSA) is 90.5 Å². The summed E-state index contributed by atoms with van der Waals surface area (Å²) in [7, 11) is 1.56. The minimum atomic E-state index is -0.647. The zero-order valence-corrected chi connectivity index (χ0v) is 12.4. The SMILES string of the molecule is CCc1ccc(C2NC(=O)NC3C2C(=O)NC(=O)N3C)cc1. The molecule has 3 atom stereocenters. The summed E-state index contributed by atoms with van der Waals surface area (Å²) in [6.07, 6.45) is 0.272. The molecule has 2 saturated heterocycles. The second kappa shape index (κ2) is 5.32. The van der Waals surface area contributed by atoms with E-state index in [1.54, 1.807) is 7.05 Å². The number of aryl methyl sites for hydroxylation is 1. The Labute approximate surface area is 128 Å². The highest BCUT2D eigenvalue weighted by Crippen LogP contribution is 2.31. The molecule has 2 aliphatic rings. The first kappa shape index (κ1) is 14.4. The van der Waals surface area contributed by atoms with Crippen molar-refractivity contribution < 1.29 is 14.4 Å². The Hall–Kier alpha value is -2.57. The molecular weight excluding hydrogens is 284 g/mol. The van der Waals surface area contributed by atoms with E-state index in [1.807, 2.05) is 24.3 Å². The Morgan fingerprint density at radius 1 is 1.09 bits per heavy atom. The van der Waals surface area contributed by atoms with Crippen molar-refractivity contribution in [3.63, 3.8) is 0 Å². The van der Waals surface area contributed by atoms with Crippen LogP contribution in [0.15, 0.2) is 24.3 Å². The number of carbonyl (C=O) groups is 3. The van der Waals surface area contributed by atoms with Gasteiger partial charge in [0.1, 0.15) is 12.1 Å². The summed E-state index contributed by atoms with van der Waals surface area (Å²) in [5, 5.41) is 7.75. The van der Waals surface area contributed by atoms with E-state index in [9.17, 15) is 14.4 Å². The average molecular weight is 302 g/mol. The van der Waals surface area contributed by atoms with Gasteiger partial charge in [-0.1, -0.05) is 31.2 Å². The third-order valence-corrected chi connectivity index (χ3v) is 4.28. The molecule has 3 unspecified atom stereocenters. The smallest absolute Gasteiger partial charge is 0.325 e. The van der Waals surface area contributed by atoms with Gasteiger partial charge in [0, 0.05) is 7.05 Å². The van der Waals surface area contributed by atoms with Gasteiger partial charge < -0.3 is 15.5 Å². The van der Waals surface area contributed by atoms with Crippen LogP contribution in [0.3, 0.4) is 0 Å². The van der Waals surface area contributed by atoms with Gasteiger partial charge in [-0.05, 0) is 17.5 Å².